The van der Waals surface area contributed by atoms with Crippen molar-refractivity contribution < 1.29 is 19.1 Å². The Bertz CT molecular complexity index is 626. The van der Waals surface area contributed by atoms with E-state index in [9.17, 15) is 9.59 Å². The summed E-state index contributed by atoms with van der Waals surface area (Å²) in [6.45, 7) is 14.9. The first-order chi connectivity index (χ1) is 14.5. The first kappa shape index (κ1) is 30.4. The minimum Gasteiger partial charge on any atom is -0.444 e. The van der Waals surface area contributed by atoms with Crippen LogP contribution in [0.2, 0.25) is 0 Å². The summed E-state index contributed by atoms with van der Waals surface area (Å²) >= 11 is 0. The number of piperidine rings is 1. The zero-order valence-corrected chi connectivity index (χ0v) is 22.9. The van der Waals surface area contributed by atoms with Gasteiger partial charge in [0, 0.05) is 46.9 Å². The number of alkyl carbamates (subject to hydrolysis) is 1. The van der Waals surface area contributed by atoms with Gasteiger partial charge in [-0.15, -0.1) is 24.0 Å². The molecular formula is C22H42IN5O4. The van der Waals surface area contributed by atoms with E-state index in [1.54, 1.807) is 14.1 Å². The molecule has 0 saturated carbocycles. The fourth-order valence-corrected chi connectivity index (χ4v) is 2.84. The van der Waals surface area contributed by atoms with E-state index in [0.717, 1.165) is 43.9 Å². The van der Waals surface area contributed by atoms with Gasteiger partial charge in [0.05, 0.1) is 6.10 Å². The number of likely N-dealkylation sites (tertiary alicyclic amines) is 1. The molecule has 32 heavy (non-hydrogen) atoms. The largest absolute Gasteiger partial charge is 0.444 e. The maximum absolute atomic E-state index is 11.9. The average molecular weight is 568 g/mol. The molecule has 1 heterocycles. The van der Waals surface area contributed by atoms with Crippen molar-refractivity contribution in [1.29, 1.82) is 0 Å². The molecule has 9 nitrogen and oxygen atoms in total. The number of hydrogen-bond donors (Lipinski definition) is 2. The van der Waals surface area contributed by atoms with Gasteiger partial charge in [-0.1, -0.05) is 12.2 Å². The quantitative estimate of drug-likeness (QED) is 0.146. The number of guanidine groups is 1. The summed E-state index contributed by atoms with van der Waals surface area (Å²) < 4.78 is 11.2. The van der Waals surface area contributed by atoms with E-state index in [0.29, 0.717) is 19.7 Å². The molecule has 0 atom stereocenters. The van der Waals surface area contributed by atoms with Crippen LogP contribution in [0, 0.1) is 0 Å². The van der Waals surface area contributed by atoms with Gasteiger partial charge in [-0.3, -0.25) is 4.79 Å². The van der Waals surface area contributed by atoms with Gasteiger partial charge in [0.2, 0.25) is 5.91 Å². The lowest BCUT2D eigenvalue weighted by molar-refractivity contribution is -0.127. The molecule has 0 aromatic carbocycles. The molecule has 0 unspecified atom stereocenters. The smallest absolute Gasteiger partial charge is 0.407 e. The van der Waals surface area contributed by atoms with Crippen LogP contribution < -0.4 is 10.6 Å². The van der Waals surface area contributed by atoms with Gasteiger partial charge in [-0.25, -0.2) is 9.79 Å². The second-order valence-corrected chi connectivity index (χ2v) is 9.08. The summed E-state index contributed by atoms with van der Waals surface area (Å²) in [5.74, 6) is 0.700. The van der Waals surface area contributed by atoms with Crippen LogP contribution in [0.5, 0.6) is 0 Å². The van der Waals surface area contributed by atoms with Crippen molar-refractivity contribution in [1.82, 2.24) is 20.4 Å². The van der Waals surface area contributed by atoms with Crippen molar-refractivity contribution in [3.63, 3.8) is 0 Å². The number of amides is 2. The molecule has 10 heteroatoms. The van der Waals surface area contributed by atoms with Crippen molar-refractivity contribution in [3.8, 4) is 0 Å². The zero-order chi connectivity index (χ0) is 23.4. The summed E-state index contributed by atoms with van der Waals surface area (Å²) in [6.07, 6.45) is 2.29. The topological polar surface area (TPSA) is 95.5 Å². The third-order valence-corrected chi connectivity index (χ3v) is 4.50. The molecule has 0 aromatic heterocycles. The molecule has 1 fully saturated rings. The van der Waals surface area contributed by atoms with Crippen molar-refractivity contribution in [2.75, 3.05) is 53.4 Å². The van der Waals surface area contributed by atoms with Crippen molar-refractivity contribution in [2.24, 2.45) is 4.99 Å². The highest BCUT2D eigenvalue weighted by atomic mass is 127. The molecule has 0 aromatic rings. The number of hydrogen-bond acceptors (Lipinski definition) is 5. The monoisotopic (exact) mass is 567 g/mol. The molecule has 2 N–H and O–H groups in total. The number of nitrogens with one attached hydrogen (secondary N) is 2. The fraction of sp³-hybridized carbons (Fsp3) is 0.773. The Kier molecular flexibility index (Phi) is 14.6. The van der Waals surface area contributed by atoms with Crippen molar-refractivity contribution >= 4 is 41.9 Å². The molecule has 1 rings (SSSR count). The van der Waals surface area contributed by atoms with Gasteiger partial charge in [-0.2, -0.15) is 0 Å². The van der Waals surface area contributed by atoms with Crippen LogP contribution in [0.15, 0.2) is 17.1 Å². The predicted molar refractivity (Wildman–Crippen MR) is 139 cm³/mol. The Morgan fingerprint density at radius 1 is 1.19 bits per heavy atom. The lowest BCUT2D eigenvalue weighted by Crippen LogP contribution is -2.47. The van der Waals surface area contributed by atoms with E-state index in [1.807, 2.05) is 27.7 Å². The van der Waals surface area contributed by atoms with Crippen LogP contribution >= 0.6 is 24.0 Å². The second-order valence-electron chi connectivity index (χ2n) is 9.08. The summed E-state index contributed by atoms with van der Waals surface area (Å²) in [4.78, 5) is 31.7. The minimum absolute atomic E-state index is 0. The normalized spacial score (nSPS) is 14.9. The van der Waals surface area contributed by atoms with Crippen molar-refractivity contribution in [2.45, 2.75) is 58.7 Å². The molecule has 186 valence electrons. The number of likely N-dealkylation sites (N-methyl/N-ethyl adjacent to an activating group) is 1. The second kappa shape index (κ2) is 15.3. The number of rotatable bonds is 9. The molecule has 1 saturated heterocycles. The maximum Gasteiger partial charge on any atom is 0.407 e. The highest BCUT2D eigenvalue weighted by Crippen LogP contribution is 2.14. The third kappa shape index (κ3) is 13.8. The molecule has 0 bridgehead atoms. The van der Waals surface area contributed by atoms with Crippen LogP contribution in [0.3, 0.4) is 0 Å². The van der Waals surface area contributed by atoms with Gasteiger partial charge in [-0.05, 0) is 47.0 Å². The zero-order valence-electron chi connectivity index (χ0n) is 20.5. The molecule has 0 radical (unpaired) electrons. The number of halogens is 1. The number of carbonyl (C=O) groups excluding carboxylic acids is 2. The fourth-order valence-electron chi connectivity index (χ4n) is 2.84. The number of carbonyl (C=O) groups is 2. The minimum atomic E-state index is -0.490. The van der Waals surface area contributed by atoms with E-state index in [-0.39, 0.29) is 42.5 Å². The Morgan fingerprint density at radius 3 is 2.34 bits per heavy atom. The van der Waals surface area contributed by atoms with E-state index < -0.39 is 11.7 Å². The highest BCUT2D eigenvalue weighted by Gasteiger charge is 2.22. The van der Waals surface area contributed by atoms with Crippen LogP contribution in [0.25, 0.3) is 0 Å². The first-order valence-corrected chi connectivity index (χ1v) is 10.9. The summed E-state index contributed by atoms with van der Waals surface area (Å²) in [7, 11) is 3.45. The standard InChI is InChI=1S/C22H41N5O4.HI/c1-17(2)15-24-20(25-16-19(28)26(6)7)27-12-9-18(10-13-27)30-14-8-11-23-21(29)31-22(3,4)5;/h18H,1,8-16H2,2-7H3,(H,23,29)(H,24,25);1H. The predicted octanol–water partition coefficient (Wildman–Crippen LogP) is 2.61. The van der Waals surface area contributed by atoms with E-state index in [2.05, 4.69) is 27.1 Å². The third-order valence-electron chi connectivity index (χ3n) is 4.50. The molecular weight excluding hydrogens is 525 g/mol. The van der Waals surface area contributed by atoms with Crippen LogP contribution in [0.4, 0.5) is 4.79 Å². The van der Waals surface area contributed by atoms with E-state index >= 15 is 0 Å². The Hall–Kier alpha value is -1.56. The van der Waals surface area contributed by atoms with E-state index in [1.165, 1.54) is 4.90 Å². The SMILES string of the molecule is C=C(C)CNC(=NCC(=O)N(C)C)N1CCC(OCCCNC(=O)OC(C)(C)C)CC1.I. The Balaban J connectivity index is 0.00000961. The molecule has 0 aliphatic carbocycles. The highest BCUT2D eigenvalue weighted by molar-refractivity contribution is 14.0. The van der Waals surface area contributed by atoms with Gasteiger partial charge in [0.1, 0.15) is 12.1 Å². The molecule has 1 aliphatic rings. The van der Waals surface area contributed by atoms with Gasteiger partial charge in [0.25, 0.3) is 0 Å². The van der Waals surface area contributed by atoms with E-state index in [4.69, 9.17) is 9.47 Å². The lowest BCUT2D eigenvalue weighted by atomic mass is 10.1. The lowest BCUT2D eigenvalue weighted by Gasteiger charge is -2.34. The Labute approximate surface area is 210 Å². The number of ether oxygens (including phenoxy) is 2. The summed E-state index contributed by atoms with van der Waals surface area (Å²) in [5, 5.41) is 6.04. The molecule has 0 spiro atoms. The number of aliphatic imine (C=N–C) groups is 1. The van der Waals surface area contributed by atoms with Crippen LogP contribution in [-0.4, -0.2) is 92.9 Å². The van der Waals surface area contributed by atoms with Gasteiger partial charge < -0.3 is 29.9 Å². The van der Waals surface area contributed by atoms with Crippen LogP contribution in [-0.2, 0) is 14.3 Å². The first-order valence-electron chi connectivity index (χ1n) is 10.9. The van der Waals surface area contributed by atoms with Crippen molar-refractivity contribution in [3.05, 3.63) is 12.2 Å². The van der Waals surface area contributed by atoms with Gasteiger partial charge in [0.15, 0.2) is 5.96 Å². The summed E-state index contributed by atoms with van der Waals surface area (Å²) in [6, 6.07) is 0. The summed E-state index contributed by atoms with van der Waals surface area (Å²) in [5.41, 5.74) is 0.514. The Morgan fingerprint density at radius 2 is 1.81 bits per heavy atom. The molecule has 2 amide bonds. The van der Waals surface area contributed by atoms with Gasteiger partial charge >= 0.3 is 6.09 Å². The maximum atomic E-state index is 11.9. The number of nitrogens with zero attached hydrogens (tertiary/aromatic N) is 3. The van der Waals surface area contributed by atoms with Crippen LogP contribution in [0.1, 0.15) is 47.0 Å². The average Bonchev–Trinajstić information content (AvgIpc) is 2.66. The molecule has 1 aliphatic heterocycles.